The smallest absolute Gasteiger partial charge is 0.225 e. The van der Waals surface area contributed by atoms with E-state index in [2.05, 4.69) is 20.7 Å². The Morgan fingerprint density at radius 3 is 2.94 bits per heavy atom. The summed E-state index contributed by atoms with van der Waals surface area (Å²) in [5.41, 5.74) is 4.73. The second-order valence-electron chi connectivity index (χ2n) is 2.86. The third-order valence-electron chi connectivity index (χ3n) is 1.74. The zero-order valence-electron chi connectivity index (χ0n) is 8.03. The molecule has 2 aromatic rings. The third kappa shape index (κ3) is 2.45. The van der Waals surface area contributed by atoms with Crippen molar-refractivity contribution in [1.82, 2.24) is 10.2 Å². The molecule has 6 nitrogen and oxygen atoms in total. The zero-order chi connectivity index (χ0) is 11.4. The highest BCUT2D eigenvalue weighted by atomic mass is 32.1. The maximum atomic E-state index is 9.44. The van der Waals surface area contributed by atoms with Gasteiger partial charge >= 0.3 is 0 Å². The van der Waals surface area contributed by atoms with Gasteiger partial charge in [-0.3, -0.25) is 5.43 Å². The second-order valence-corrected chi connectivity index (χ2v) is 3.69. The number of rotatable bonds is 3. The molecule has 0 aliphatic rings. The van der Waals surface area contributed by atoms with Gasteiger partial charge in [-0.2, -0.15) is 5.10 Å². The molecule has 0 unspecified atom stereocenters. The molecular weight excluding hydrogens is 228 g/mol. The maximum absolute atomic E-state index is 9.44. The fraction of sp³-hybridized carbons (Fsp3) is 0. The molecular formula is C9H8N4O2S. The van der Waals surface area contributed by atoms with Gasteiger partial charge in [0.1, 0.15) is 17.0 Å². The lowest BCUT2D eigenvalue weighted by Crippen LogP contribution is -1.90. The van der Waals surface area contributed by atoms with Crippen LogP contribution in [-0.4, -0.2) is 26.6 Å². The first-order chi connectivity index (χ1) is 7.75. The first kappa shape index (κ1) is 10.4. The number of aromatic nitrogens is 2. The maximum Gasteiger partial charge on any atom is 0.225 e. The van der Waals surface area contributed by atoms with Gasteiger partial charge in [0.2, 0.25) is 5.13 Å². The van der Waals surface area contributed by atoms with E-state index in [0.717, 1.165) is 0 Å². The molecule has 82 valence electrons. The summed E-state index contributed by atoms with van der Waals surface area (Å²) in [5.74, 6) is -0.0328. The zero-order valence-corrected chi connectivity index (χ0v) is 8.85. The van der Waals surface area contributed by atoms with E-state index in [-0.39, 0.29) is 11.5 Å². The van der Waals surface area contributed by atoms with Gasteiger partial charge in [-0.1, -0.05) is 11.3 Å². The summed E-state index contributed by atoms with van der Waals surface area (Å²) in [7, 11) is 0. The van der Waals surface area contributed by atoms with Crippen LogP contribution in [-0.2, 0) is 0 Å². The Kier molecular flexibility index (Phi) is 2.97. The molecule has 2 rings (SSSR count). The van der Waals surface area contributed by atoms with Crippen molar-refractivity contribution >= 4 is 22.7 Å². The monoisotopic (exact) mass is 236 g/mol. The summed E-state index contributed by atoms with van der Waals surface area (Å²) < 4.78 is 0. The molecule has 0 atom stereocenters. The Bertz CT molecular complexity index is 498. The average molecular weight is 236 g/mol. The highest BCUT2D eigenvalue weighted by molar-refractivity contribution is 7.13. The molecule has 0 amide bonds. The Labute approximate surface area is 94.9 Å². The van der Waals surface area contributed by atoms with E-state index in [1.54, 1.807) is 11.6 Å². The van der Waals surface area contributed by atoms with Crippen LogP contribution in [0.15, 0.2) is 28.8 Å². The molecule has 16 heavy (non-hydrogen) atoms. The number of hydrogen-bond acceptors (Lipinski definition) is 7. The van der Waals surface area contributed by atoms with Crippen molar-refractivity contribution in [2.24, 2.45) is 5.10 Å². The summed E-state index contributed by atoms with van der Waals surface area (Å²) in [6.45, 7) is 0. The number of phenolic OH excluding ortho intramolecular Hbond substituents is 2. The number of benzene rings is 1. The Morgan fingerprint density at radius 2 is 2.25 bits per heavy atom. The molecule has 0 saturated carbocycles. The van der Waals surface area contributed by atoms with Crippen molar-refractivity contribution in [3.8, 4) is 11.5 Å². The molecule has 1 aromatic heterocycles. The van der Waals surface area contributed by atoms with Crippen molar-refractivity contribution in [3.05, 3.63) is 29.3 Å². The fourth-order valence-corrected chi connectivity index (χ4v) is 1.41. The SMILES string of the molecule is Oc1ccc(C=NNc2nncs2)c(O)c1. The average Bonchev–Trinajstić information content (AvgIpc) is 2.74. The molecule has 0 radical (unpaired) electrons. The van der Waals surface area contributed by atoms with Crippen molar-refractivity contribution in [1.29, 1.82) is 0 Å². The number of phenols is 2. The first-order valence-corrected chi connectivity index (χ1v) is 5.21. The van der Waals surface area contributed by atoms with Crippen LogP contribution >= 0.6 is 11.3 Å². The van der Waals surface area contributed by atoms with Crippen LogP contribution in [0.25, 0.3) is 0 Å². The van der Waals surface area contributed by atoms with Crippen molar-refractivity contribution in [3.63, 3.8) is 0 Å². The van der Waals surface area contributed by atoms with Crippen LogP contribution in [0.4, 0.5) is 5.13 Å². The lowest BCUT2D eigenvalue weighted by atomic mass is 10.2. The van der Waals surface area contributed by atoms with Crippen LogP contribution in [0.3, 0.4) is 0 Å². The summed E-state index contributed by atoms with van der Waals surface area (Å²) in [6.07, 6.45) is 1.43. The topological polar surface area (TPSA) is 90.6 Å². The largest absolute Gasteiger partial charge is 0.508 e. The normalized spacial score (nSPS) is 10.8. The number of aromatic hydroxyl groups is 2. The number of anilines is 1. The summed E-state index contributed by atoms with van der Waals surface area (Å²) in [5, 5.41) is 30.3. The van der Waals surface area contributed by atoms with E-state index < -0.39 is 0 Å². The minimum atomic E-state index is -0.0391. The Hall–Kier alpha value is -2.15. The van der Waals surface area contributed by atoms with E-state index in [4.69, 9.17) is 5.11 Å². The number of nitrogens with zero attached hydrogens (tertiary/aromatic N) is 3. The predicted octanol–water partition coefficient (Wildman–Crippen LogP) is 1.40. The minimum Gasteiger partial charge on any atom is -0.508 e. The van der Waals surface area contributed by atoms with E-state index in [1.807, 2.05) is 0 Å². The molecule has 0 aliphatic heterocycles. The first-order valence-electron chi connectivity index (χ1n) is 4.33. The summed E-state index contributed by atoms with van der Waals surface area (Å²) in [4.78, 5) is 0. The quantitative estimate of drug-likeness (QED) is 0.553. The Balaban J connectivity index is 2.06. The predicted molar refractivity (Wildman–Crippen MR) is 60.9 cm³/mol. The van der Waals surface area contributed by atoms with E-state index >= 15 is 0 Å². The van der Waals surface area contributed by atoms with E-state index in [0.29, 0.717) is 10.7 Å². The van der Waals surface area contributed by atoms with Crippen molar-refractivity contribution < 1.29 is 10.2 Å². The summed E-state index contributed by atoms with van der Waals surface area (Å²) in [6, 6.07) is 4.26. The van der Waals surface area contributed by atoms with Crippen molar-refractivity contribution in [2.45, 2.75) is 0 Å². The molecule has 0 fully saturated rings. The highest BCUT2D eigenvalue weighted by Crippen LogP contribution is 2.20. The molecule has 3 N–H and O–H groups in total. The lowest BCUT2D eigenvalue weighted by Gasteiger charge is -1.98. The van der Waals surface area contributed by atoms with Gasteiger partial charge in [-0.25, -0.2) is 0 Å². The molecule has 0 spiro atoms. The Morgan fingerprint density at radius 1 is 1.38 bits per heavy atom. The second kappa shape index (κ2) is 4.58. The molecule has 0 aliphatic carbocycles. The van der Waals surface area contributed by atoms with Gasteiger partial charge in [0, 0.05) is 11.6 Å². The molecule has 7 heteroatoms. The standard InChI is InChI=1S/C9H8N4O2S/c14-7-2-1-6(8(15)3-7)4-10-12-9-13-11-5-16-9/h1-5,14-15H,(H,12,13). The van der Waals surface area contributed by atoms with Crippen LogP contribution in [0, 0.1) is 0 Å². The molecule has 1 heterocycles. The van der Waals surface area contributed by atoms with Crippen LogP contribution in [0.1, 0.15) is 5.56 Å². The highest BCUT2D eigenvalue weighted by Gasteiger charge is 1.99. The number of hydrazone groups is 1. The lowest BCUT2D eigenvalue weighted by molar-refractivity contribution is 0.450. The van der Waals surface area contributed by atoms with Gasteiger partial charge in [-0.05, 0) is 12.1 Å². The van der Waals surface area contributed by atoms with E-state index in [9.17, 15) is 5.11 Å². The summed E-state index contributed by atoms with van der Waals surface area (Å²) >= 11 is 1.32. The molecule has 0 bridgehead atoms. The van der Waals surface area contributed by atoms with Crippen molar-refractivity contribution in [2.75, 3.05) is 5.43 Å². The minimum absolute atomic E-state index is 0.00623. The van der Waals surface area contributed by atoms with Crippen LogP contribution < -0.4 is 5.43 Å². The number of hydrogen-bond donors (Lipinski definition) is 3. The van der Waals surface area contributed by atoms with Gasteiger partial charge in [-0.15, -0.1) is 10.2 Å². The molecule has 0 saturated heterocycles. The van der Waals surface area contributed by atoms with Crippen LogP contribution in [0.5, 0.6) is 11.5 Å². The van der Waals surface area contributed by atoms with Gasteiger partial charge in [0.05, 0.1) is 6.21 Å². The van der Waals surface area contributed by atoms with Crippen LogP contribution in [0.2, 0.25) is 0 Å². The van der Waals surface area contributed by atoms with E-state index in [1.165, 1.54) is 29.7 Å². The van der Waals surface area contributed by atoms with Gasteiger partial charge in [0.25, 0.3) is 0 Å². The fourth-order valence-electron chi connectivity index (χ4n) is 1.02. The number of nitrogens with one attached hydrogen (secondary N) is 1. The third-order valence-corrected chi connectivity index (χ3v) is 2.33. The van der Waals surface area contributed by atoms with Gasteiger partial charge < -0.3 is 10.2 Å². The molecule has 1 aromatic carbocycles. The van der Waals surface area contributed by atoms with Gasteiger partial charge in [0.15, 0.2) is 0 Å².